The van der Waals surface area contributed by atoms with Crippen molar-refractivity contribution in [2.45, 2.75) is 31.6 Å². The van der Waals surface area contributed by atoms with Gasteiger partial charge in [0.25, 0.3) is 11.9 Å². The van der Waals surface area contributed by atoms with Crippen molar-refractivity contribution >= 4 is 27.7 Å². The average molecular weight is 475 g/mol. The number of carbonyl (C=O) groups excluding carboxylic acids is 1. The predicted molar refractivity (Wildman–Crippen MR) is 126 cm³/mol. The summed E-state index contributed by atoms with van der Waals surface area (Å²) in [6.45, 7) is 6.38. The Morgan fingerprint density at radius 2 is 1.39 bits per heavy atom. The zero-order chi connectivity index (χ0) is 24.8. The summed E-state index contributed by atoms with van der Waals surface area (Å²) in [6.07, 6.45) is 0. The highest BCUT2D eigenvalue weighted by Crippen LogP contribution is 2.21. The Balaban J connectivity index is 0.000000890. The lowest BCUT2D eigenvalue weighted by Gasteiger charge is -2.34. The Bertz CT molecular complexity index is 1080. The van der Waals surface area contributed by atoms with Crippen LogP contribution in [0.2, 0.25) is 0 Å². The third-order valence-corrected chi connectivity index (χ3v) is 7.07. The van der Waals surface area contributed by atoms with E-state index in [2.05, 4.69) is 13.8 Å². The molecule has 9 nitrogen and oxygen atoms in total. The minimum absolute atomic E-state index is 0.0516. The second-order valence-corrected chi connectivity index (χ2v) is 9.87. The monoisotopic (exact) mass is 474 g/mol. The molecule has 33 heavy (non-hydrogen) atoms. The van der Waals surface area contributed by atoms with Gasteiger partial charge in [0.2, 0.25) is 10.0 Å². The van der Waals surface area contributed by atoms with E-state index in [0.717, 1.165) is 12.5 Å². The number of piperazine rings is 1. The molecule has 0 aliphatic carbocycles. The number of amides is 1. The summed E-state index contributed by atoms with van der Waals surface area (Å²) in [5.41, 5.74) is 7.58. The summed E-state index contributed by atoms with van der Waals surface area (Å²) >= 11 is 0. The van der Waals surface area contributed by atoms with Crippen LogP contribution in [0.5, 0.6) is 0 Å². The maximum Gasteiger partial charge on any atom is 0.300 e. The van der Waals surface area contributed by atoms with Gasteiger partial charge < -0.3 is 15.7 Å². The van der Waals surface area contributed by atoms with Crippen molar-refractivity contribution in [3.63, 3.8) is 0 Å². The van der Waals surface area contributed by atoms with Crippen molar-refractivity contribution in [3.05, 3.63) is 65.2 Å². The molecule has 0 bridgehead atoms. The molecule has 178 valence electrons. The lowest BCUT2D eigenvalue weighted by molar-refractivity contribution is -0.134. The fraction of sp³-hybridized carbons (Fsp3) is 0.348. The molecular formula is C23H30N4O5S. The first-order chi connectivity index (χ1) is 15.4. The zero-order valence-corrected chi connectivity index (χ0v) is 19.8. The van der Waals surface area contributed by atoms with Crippen LogP contribution in [0.3, 0.4) is 0 Å². The first-order valence-electron chi connectivity index (χ1n) is 10.5. The van der Waals surface area contributed by atoms with Gasteiger partial charge in [-0.25, -0.2) is 8.42 Å². The van der Waals surface area contributed by atoms with Crippen molar-refractivity contribution in [2.75, 3.05) is 26.2 Å². The van der Waals surface area contributed by atoms with E-state index in [-0.39, 0.29) is 29.7 Å². The van der Waals surface area contributed by atoms with Gasteiger partial charge in [0.05, 0.1) is 4.90 Å². The first-order valence-corrected chi connectivity index (χ1v) is 11.9. The highest BCUT2D eigenvalue weighted by atomic mass is 32.2. The van der Waals surface area contributed by atoms with Crippen LogP contribution in [0.25, 0.3) is 0 Å². The molecule has 1 fully saturated rings. The molecule has 2 aromatic rings. The van der Waals surface area contributed by atoms with Crippen LogP contribution < -0.4 is 5.73 Å². The van der Waals surface area contributed by atoms with Gasteiger partial charge in [0.1, 0.15) is 5.84 Å². The highest BCUT2D eigenvalue weighted by molar-refractivity contribution is 7.89. The summed E-state index contributed by atoms with van der Waals surface area (Å²) in [4.78, 5) is 23.6. The molecule has 1 aliphatic rings. The maximum absolute atomic E-state index is 12.9. The third kappa shape index (κ3) is 6.87. The standard InChI is InChI=1S/C21H26N4O3S.C2H4O2/c1-15(2)16-7-9-19(10-8-16)29(27,28)25-13-11-24(12-14-25)21(26)18-5-3-17(4-6-18)20(22)23;1-2(3)4/h3-10,15H,11-14H2,1-2H3,(H3,22,23);1H3,(H,3,4). The summed E-state index contributed by atoms with van der Waals surface area (Å²) in [5, 5.41) is 14.8. The van der Waals surface area contributed by atoms with Crippen LogP contribution in [0.15, 0.2) is 53.4 Å². The Morgan fingerprint density at radius 1 is 0.939 bits per heavy atom. The number of benzene rings is 2. The lowest BCUT2D eigenvalue weighted by atomic mass is 10.0. The van der Waals surface area contributed by atoms with Crippen molar-refractivity contribution < 1.29 is 23.1 Å². The third-order valence-electron chi connectivity index (χ3n) is 5.15. The van der Waals surface area contributed by atoms with Gasteiger partial charge in [-0.3, -0.25) is 15.0 Å². The van der Waals surface area contributed by atoms with E-state index in [0.29, 0.717) is 30.1 Å². The minimum Gasteiger partial charge on any atom is -0.481 e. The van der Waals surface area contributed by atoms with E-state index in [1.54, 1.807) is 41.3 Å². The SMILES string of the molecule is CC(=O)O.CC(C)c1ccc(S(=O)(=O)N2CCN(C(=O)c3ccc(C(=N)N)cc3)CC2)cc1. The van der Waals surface area contributed by atoms with Gasteiger partial charge in [-0.2, -0.15) is 4.31 Å². The molecule has 4 N–H and O–H groups in total. The summed E-state index contributed by atoms with van der Waals surface area (Å²) in [5.74, 6) is -0.700. The Hall–Kier alpha value is -3.24. The van der Waals surface area contributed by atoms with E-state index in [1.165, 1.54) is 4.31 Å². The molecule has 1 heterocycles. The largest absolute Gasteiger partial charge is 0.481 e. The quantitative estimate of drug-likeness (QED) is 0.448. The molecule has 3 rings (SSSR count). The number of carboxylic acid groups (broad SMARTS) is 1. The van der Waals surface area contributed by atoms with E-state index in [4.69, 9.17) is 21.0 Å². The number of nitrogens with one attached hydrogen (secondary N) is 1. The second-order valence-electron chi connectivity index (χ2n) is 7.93. The number of hydrogen-bond donors (Lipinski definition) is 3. The van der Waals surface area contributed by atoms with Crippen molar-refractivity contribution in [3.8, 4) is 0 Å². The summed E-state index contributed by atoms with van der Waals surface area (Å²) < 4.78 is 27.2. The second kappa shape index (κ2) is 11.1. The van der Waals surface area contributed by atoms with Crippen molar-refractivity contribution in [2.24, 2.45) is 5.73 Å². The summed E-state index contributed by atoms with van der Waals surface area (Å²) in [7, 11) is -3.58. The predicted octanol–water partition coefficient (Wildman–Crippen LogP) is 2.33. The molecule has 1 saturated heterocycles. The Kier molecular flexibility index (Phi) is 8.72. The van der Waals surface area contributed by atoms with Crippen LogP contribution in [0.4, 0.5) is 0 Å². The number of nitrogens with two attached hydrogens (primary N) is 1. The lowest BCUT2D eigenvalue weighted by Crippen LogP contribution is -2.50. The molecule has 1 aliphatic heterocycles. The van der Waals surface area contributed by atoms with Crippen molar-refractivity contribution in [1.82, 2.24) is 9.21 Å². The first kappa shape index (κ1) is 26.0. The normalized spacial score (nSPS) is 14.4. The van der Waals surface area contributed by atoms with E-state index in [1.807, 2.05) is 12.1 Å². The number of sulfonamides is 1. The number of amidine groups is 1. The number of aliphatic carboxylic acids is 1. The molecule has 0 radical (unpaired) electrons. The Morgan fingerprint density at radius 3 is 1.82 bits per heavy atom. The number of rotatable bonds is 5. The number of carboxylic acids is 1. The number of hydrogen-bond acceptors (Lipinski definition) is 5. The number of nitrogen functional groups attached to an aromatic ring is 1. The molecule has 0 saturated carbocycles. The van der Waals surface area contributed by atoms with Crippen LogP contribution in [0.1, 0.15) is 48.2 Å². The van der Waals surface area contributed by atoms with Gasteiger partial charge in [-0.1, -0.05) is 38.1 Å². The van der Waals surface area contributed by atoms with Gasteiger partial charge in [0, 0.05) is 44.2 Å². The van der Waals surface area contributed by atoms with Gasteiger partial charge in [0.15, 0.2) is 0 Å². The van der Waals surface area contributed by atoms with Gasteiger partial charge in [-0.15, -0.1) is 0 Å². The smallest absolute Gasteiger partial charge is 0.300 e. The molecular weight excluding hydrogens is 444 g/mol. The molecule has 0 spiro atoms. The van der Waals surface area contributed by atoms with Gasteiger partial charge in [-0.05, 0) is 35.7 Å². The molecule has 10 heteroatoms. The topological polar surface area (TPSA) is 145 Å². The Labute approximate surface area is 194 Å². The molecule has 2 aromatic carbocycles. The highest BCUT2D eigenvalue weighted by Gasteiger charge is 2.30. The average Bonchev–Trinajstić information content (AvgIpc) is 2.78. The van der Waals surface area contributed by atoms with Crippen LogP contribution in [-0.4, -0.2) is 66.6 Å². The number of nitrogens with zero attached hydrogens (tertiary/aromatic N) is 2. The molecule has 0 atom stereocenters. The fourth-order valence-electron chi connectivity index (χ4n) is 3.28. The van der Waals surface area contributed by atoms with E-state index < -0.39 is 16.0 Å². The van der Waals surface area contributed by atoms with E-state index >= 15 is 0 Å². The summed E-state index contributed by atoms with van der Waals surface area (Å²) in [6, 6.07) is 13.5. The van der Waals surface area contributed by atoms with Crippen molar-refractivity contribution in [1.29, 1.82) is 5.41 Å². The molecule has 0 aromatic heterocycles. The van der Waals surface area contributed by atoms with Crippen LogP contribution in [-0.2, 0) is 14.8 Å². The zero-order valence-electron chi connectivity index (χ0n) is 19.0. The van der Waals surface area contributed by atoms with Gasteiger partial charge >= 0.3 is 0 Å². The number of carbonyl (C=O) groups is 2. The maximum atomic E-state index is 12.9. The van der Waals surface area contributed by atoms with Crippen LogP contribution in [0, 0.1) is 5.41 Å². The molecule has 1 amide bonds. The fourth-order valence-corrected chi connectivity index (χ4v) is 4.70. The minimum atomic E-state index is -3.58. The molecule has 0 unspecified atom stereocenters. The van der Waals surface area contributed by atoms with Crippen LogP contribution >= 0.6 is 0 Å². The van der Waals surface area contributed by atoms with E-state index in [9.17, 15) is 13.2 Å².